The molecule has 3 fully saturated rings. The first-order chi connectivity index (χ1) is 11.6. The molecule has 0 unspecified atom stereocenters. The first-order valence-corrected chi connectivity index (χ1v) is 8.47. The van der Waals surface area contributed by atoms with Gasteiger partial charge in [0.2, 0.25) is 11.8 Å². The van der Waals surface area contributed by atoms with Crippen LogP contribution in [0.2, 0.25) is 0 Å². The van der Waals surface area contributed by atoms with E-state index in [1.54, 1.807) is 11.0 Å². The highest BCUT2D eigenvalue weighted by molar-refractivity contribution is 6.08. The molecule has 4 rings (SSSR count). The molecule has 126 valence electrons. The van der Waals surface area contributed by atoms with Crippen molar-refractivity contribution in [2.24, 2.45) is 0 Å². The fourth-order valence-electron chi connectivity index (χ4n) is 3.55. The van der Waals surface area contributed by atoms with E-state index in [0.717, 1.165) is 31.4 Å². The standard InChI is InChI=1S/C18H20N2O4/c21-16-9-15(17(22)19-16)20(14-4-5-14)18(23)12-3-1-2-11(8-12)13-6-7-24-10-13/h1-3,8,13-15H,4-7,9-10H2,(H,19,21,22)/t13-,15+/m0/s1. The lowest BCUT2D eigenvalue weighted by atomic mass is 9.96. The van der Waals surface area contributed by atoms with Crippen molar-refractivity contribution in [1.29, 1.82) is 0 Å². The smallest absolute Gasteiger partial charge is 0.254 e. The SMILES string of the molecule is O=C1C[C@@H](N(C(=O)c2cccc([C@H]3CCOC3)c2)C2CC2)C(=O)N1. The molecule has 3 aliphatic rings. The Bertz CT molecular complexity index is 692. The van der Waals surface area contributed by atoms with Crippen LogP contribution in [0.15, 0.2) is 24.3 Å². The van der Waals surface area contributed by atoms with Crippen molar-refractivity contribution >= 4 is 17.7 Å². The Balaban J connectivity index is 1.60. The number of ether oxygens (including phenoxy) is 1. The van der Waals surface area contributed by atoms with Crippen molar-refractivity contribution in [3.05, 3.63) is 35.4 Å². The highest BCUT2D eigenvalue weighted by Gasteiger charge is 2.44. The topological polar surface area (TPSA) is 75.7 Å². The van der Waals surface area contributed by atoms with Crippen LogP contribution in [0.4, 0.5) is 0 Å². The third-order valence-electron chi connectivity index (χ3n) is 4.99. The number of nitrogens with zero attached hydrogens (tertiary/aromatic N) is 1. The largest absolute Gasteiger partial charge is 0.381 e. The summed E-state index contributed by atoms with van der Waals surface area (Å²) in [5.41, 5.74) is 1.68. The Hall–Kier alpha value is -2.21. The maximum Gasteiger partial charge on any atom is 0.254 e. The summed E-state index contributed by atoms with van der Waals surface area (Å²) in [5.74, 6) is -0.502. The van der Waals surface area contributed by atoms with Gasteiger partial charge >= 0.3 is 0 Å². The average molecular weight is 328 g/mol. The van der Waals surface area contributed by atoms with E-state index in [1.165, 1.54) is 0 Å². The monoisotopic (exact) mass is 328 g/mol. The first kappa shape index (κ1) is 15.3. The van der Waals surface area contributed by atoms with Gasteiger partial charge in [-0.2, -0.15) is 0 Å². The molecule has 2 saturated heterocycles. The molecule has 1 aliphatic carbocycles. The average Bonchev–Trinajstić information content (AvgIpc) is 3.14. The van der Waals surface area contributed by atoms with Gasteiger partial charge in [0, 0.05) is 24.1 Å². The second-order valence-electron chi connectivity index (χ2n) is 6.76. The number of hydrogen-bond donors (Lipinski definition) is 1. The molecule has 0 aromatic heterocycles. The van der Waals surface area contributed by atoms with Gasteiger partial charge in [-0.1, -0.05) is 12.1 Å². The van der Waals surface area contributed by atoms with Crippen LogP contribution in [-0.2, 0) is 14.3 Å². The highest BCUT2D eigenvalue weighted by Crippen LogP contribution is 2.33. The summed E-state index contributed by atoms with van der Waals surface area (Å²) in [6, 6.07) is 6.99. The van der Waals surface area contributed by atoms with Gasteiger partial charge in [0.1, 0.15) is 6.04 Å². The maximum absolute atomic E-state index is 13.0. The van der Waals surface area contributed by atoms with Crippen molar-refractivity contribution in [3.63, 3.8) is 0 Å². The summed E-state index contributed by atoms with van der Waals surface area (Å²) >= 11 is 0. The van der Waals surface area contributed by atoms with Gasteiger partial charge in [0.05, 0.1) is 13.0 Å². The van der Waals surface area contributed by atoms with Gasteiger partial charge in [-0.15, -0.1) is 0 Å². The quantitative estimate of drug-likeness (QED) is 0.843. The predicted octanol–water partition coefficient (Wildman–Crippen LogP) is 1.21. The van der Waals surface area contributed by atoms with E-state index in [1.807, 2.05) is 18.2 Å². The van der Waals surface area contributed by atoms with Crippen LogP contribution in [-0.4, -0.2) is 47.9 Å². The summed E-state index contributed by atoms with van der Waals surface area (Å²) in [6.45, 7) is 1.44. The van der Waals surface area contributed by atoms with Gasteiger partial charge in [0.25, 0.3) is 5.91 Å². The van der Waals surface area contributed by atoms with Crippen LogP contribution >= 0.6 is 0 Å². The molecule has 2 heterocycles. The molecule has 24 heavy (non-hydrogen) atoms. The number of nitrogens with one attached hydrogen (secondary N) is 1. The van der Waals surface area contributed by atoms with Crippen molar-refractivity contribution < 1.29 is 19.1 Å². The van der Waals surface area contributed by atoms with Gasteiger partial charge < -0.3 is 9.64 Å². The lowest BCUT2D eigenvalue weighted by Crippen LogP contribution is -2.46. The molecule has 1 aromatic rings. The predicted molar refractivity (Wildman–Crippen MR) is 85.4 cm³/mol. The van der Waals surface area contributed by atoms with Crippen molar-refractivity contribution in [1.82, 2.24) is 10.2 Å². The van der Waals surface area contributed by atoms with Crippen LogP contribution in [0.5, 0.6) is 0 Å². The second-order valence-corrected chi connectivity index (χ2v) is 6.76. The highest BCUT2D eigenvalue weighted by atomic mass is 16.5. The van der Waals surface area contributed by atoms with Gasteiger partial charge in [-0.05, 0) is 37.0 Å². The van der Waals surface area contributed by atoms with Crippen LogP contribution in [0.1, 0.15) is 47.5 Å². The van der Waals surface area contributed by atoms with Crippen LogP contribution in [0, 0.1) is 0 Å². The van der Waals surface area contributed by atoms with Crippen molar-refractivity contribution in [2.75, 3.05) is 13.2 Å². The number of hydrogen-bond acceptors (Lipinski definition) is 4. The van der Waals surface area contributed by atoms with E-state index >= 15 is 0 Å². The van der Waals surface area contributed by atoms with Gasteiger partial charge in [0.15, 0.2) is 0 Å². The molecule has 0 spiro atoms. The molecular weight excluding hydrogens is 308 g/mol. The lowest BCUT2D eigenvalue weighted by molar-refractivity contribution is -0.126. The number of imide groups is 1. The van der Waals surface area contributed by atoms with E-state index < -0.39 is 6.04 Å². The van der Waals surface area contributed by atoms with Crippen LogP contribution in [0.3, 0.4) is 0 Å². The number of carbonyl (C=O) groups is 3. The molecule has 1 aromatic carbocycles. The lowest BCUT2D eigenvalue weighted by Gasteiger charge is -2.27. The van der Waals surface area contributed by atoms with E-state index in [-0.39, 0.29) is 30.2 Å². The number of benzene rings is 1. The zero-order chi connectivity index (χ0) is 16.7. The summed E-state index contributed by atoms with van der Waals surface area (Å²) in [4.78, 5) is 38.2. The summed E-state index contributed by atoms with van der Waals surface area (Å²) < 4.78 is 5.43. The molecule has 6 nitrogen and oxygen atoms in total. The minimum Gasteiger partial charge on any atom is -0.381 e. The molecule has 2 aliphatic heterocycles. The molecule has 2 atom stereocenters. The zero-order valence-electron chi connectivity index (χ0n) is 13.4. The maximum atomic E-state index is 13.0. The Morgan fingerprint density at radius 3 is 2.67 bits per heavy atom. The summed E-state index contributed by atoms with van der Waals surface area (Å²) in [6.07, 6.45) is 2.81. The number of carbonyl (C=O) groups excluding carboxylic acids is 3. The van der Waals surface area contributed by atoms with E-state index in [0.29, 0.717) is 18.1 Å². The third kappa shape index (κ3) is 2.82. The Kier molecular flexibility index (Phi) is 3.84. The molecule has 0 radical (unpaired) electrons. The minimum atomic E-state index is -0.670. The van der Waals surface area contributed by atoms with E-state index in [4.69, 9.17) is 4.74 Å². The minimum absolute atomic E-state index is 0.0667. The molecule has 6 heteroatoms. The molecular formula is C18H20N2O4. The number of amides is 3. The second kappa shape index (κ2) is 6.02. The molecule has 3 amide bonds. The van der Waals surface area contributed by atoms with E-state index in [9.17, 15) is 14.4 Å². The summed E-state index contributed by atoms with van der Waals surface area (Å²) in [7, 11) is 0. The van der Waals surface area contributed by atoms with Crippen LogP contribution in [0.25, 0.3) is 0 Å². The molecule has 1 N–H and O–H groups in total. The fourth-order valence-corrected chi connectivity index (χ4v) is 3.55. The number of rotatable bonds is 4. The van der Waals surface area contributed by atoms with E-state index in [2.05, 4.69) is 5.32 Å². The first-order valence-electron chi connectivity index (χ1n) is 8.47. The van der Waals surface area contributed by atoms with Crippen LogP contribution < -0.4 is 5.32 Å². The summed E-state index contributed by atoms with van der Waals surface area (Å²) in [5, 5.41) is 2.30. The zero-order valence-corrected chi connectivity index (χ0v) is 13.4. The Morgan fingerprint density at radius 1 is 1.21 bits per heavy atom. The third-order valence-corrected chi connectivity index (χ3v) is 4.99. The molecule has 0 bridgehead atoms. The molecule has 1 saturated carbocycles. The Morgan fingerprint density at radius 2 is 2.04 bits per heavy atom. The van der Waals surface area contributed by atoms with Gasteiger partial charge in [-0.3, -0.25) is 19.7 Å². The van der Waals surface area contributed by atoms with Crippen molar-refractivity contribution in [2.45, 2.75) is 43.7 Å². The fraction of sp³-hybridized carbons (Fsp3) is 0.500. The normalized spacial score (nSPS) is 26.5. The van der Waals surface area contributed by atoms with Gasteiger partial charge in [-0.25, -0.2) is 0 Å². The van der Waals surface area contributed by atoms with Crippen molar-refractivity contribution in [3.8, 4) is 0 Å². The Labute approximate surface area is 140 Å².